The van der Waals surface area contributed by atoms with Crippen LogP contribution in [-0.4, -0.2) is 23.8 Å². The van der Waals surface area contributed by atoms with Crippen molar-refractivity contribution in [2.24, 2.45) is 4.99 Å². The Labute approximate surface area is 251 Å². The molecular weight excluding hydrogens is 572 g/mol. The van der Waals surface area contributed by atoms with Crippen LogP contribution in [0, 0.1) is 0 Å². The fourth-order valence-corrected chi connectivity index (χ4v) is 6.10. The first-order valence-electron chi connectivity index (χ1n) is 14.4. The van der Waals surface area contributed by atoms with E-state index in [1.54, 1.807) is 6.07 Å². The van der Waals surface area contributed by atoms with Crippen molar-refractivity contribution in [2.45, 2.75) is 57.4 Å². The van der Waals surface area contributed by atoms with Gasteiger partial charge in [0.25, 0.3) is 0 Å². The van der Waals surface area contributed by atoms with Crippen LogP contribution >= 0.6 is 15.9 Å². The number of allylic oxidation sites excluding steroid dienone is 5. The van der Waals surface area contributed by atoms with E-state index in [0.29, 0.717) is 13.1 Å². The normalized spacial score (nSPS) is 18.1. The highest BCUT2D eigenvalue weighted by atomic mass is 79.9. The summed E-state index contributed by atoms with van der Waals surface area (Å²) in [6.45, 7) is 3.16. The molecule has 0 atom stereocenters. The summed E-state index contributed by atoms with van der Waals surface area (Å²) in [6, 6.07) is 26.3. The molecule has 5 heteroatoms. The van der Waals surface area contributed by atoms with Crippen molar-refractivity contribution >= 4 is 33.6 Å². The first-order valence-corrected chi connectivity index (χ1v) is 15.2. The fraction of sp³-hybridized carbons (Fsp3) is 0.278. The molecular formula is C36H37BrN2O2. The smallest absolute Gasteiger partial charge is 0.230 e. The van der Waals surface area contributed by atoms with Crippen molar-refractivity contribution in [3.63, 3.8) is 0 Å². The minimum absolute atomic E-state index is 0.141. The van der Waals surface area contributed by atoms with Crippen molar-refractivity contribution in [2.75, 3.05) is 6.54 Å². The van der Waals surface area contributed by atoms with Crippen molar-refractivity contribution in [3.05, 3.63) is 129 Å². The Hall–Kier alpha value is -3.70. The zero-order valence-electron chi connectivity index (χ0n) is 23.6. The Morgan fingerprint density at radius 3 is 2.32 bits per heavy atom. The van der Waals surface area contributed by atoms with Crippen molar-refractivity contribution < 1.29 is 9.90 Å². The highest BCUT2D eigenvalue weighted by Crippen LogP contribution is 2.41. The quantitative estimate of drug-likeness (QED) is 0.270. The maximum atomic E-state index is 13.4. The number of nitrogens with zero attached hydrogens (tertiary/aromatic N) is 1. The van der Waals surface area contributed by atoms with Crippen LogP contribution in [0.2, 0.25) is 0 Å². The molecule has 1 fully saturated rings. The number of aliphatic imine (C=N–C) groups is 1. The van der Waals surface area contributed by atoms with Crippen LogP contribution in [0.1, 0.15) is 61.3 Å². The number of amides is 1. The number of carbonyl (C=O) groups excluding carboxylic acids is 1. The molecule has 0 bridgehead atoms. The number of halogens is 1. The number of hydrogen-bond donors (Lipinski definition) is 2. The molecule has 1 amide bonds. The standard InChI is InChI=1S/C36H37BrN2O2/c1-26-21-30(32-11-5-6-12-34(32)40)22-29(23-38-25-33(26)37)18-15-27-13-16-28(17-14-27)24-39-35(41)36(19-7-8-20-36)31-9-3-2-4-10-31/h2-6,9-14,16-17,21-22,25,40H,7-8,15,18-20,23-24H2,1H3,(H,39,41)/b29-22+,30-21?,33-26?,38-25?. The Kier molecular flexibility index (Phi) is 9.35. The summed E-state index contributed by atoms with van der Waals surface area (Å²) < 4.78 is 0.936. The molecule has 3 aromatic carbocycles. The van der Waals surface area contributed by atoms with Crippen LogP contribution in [0.3, 0.4) is 0 Å². The maximum Gasteiger partial charge on any atom is 0.230 e. The summed E-state index contributed by atoms with van der Waals surface area (Å²) in [5.74, 6) is 0.409. The van der Waals surface area contributed by atoms with Gasteiger partial charge in [-0.05, 0) is 88.0 Å². The van der Waals surface area contributed by atoms with Crippen molar-refractivity contribution in [1.82, 2.24) is 5.32 Å². The van der Waals surface area contributed by atoms with Crippen LogP contribution < -0.4 is 5.32 Å². The van der Waals surface area contributed by atoms with Crippen LogP contribution in [-0.2, 0) is 23.2 Å². The number of carbonyl (C=O) groups is 1. The highest BCUT2D eigenvalue weighted by Gasteiger charge is 2.42. The number of aryl methyl sites for hydroxylation is 1. The first kappa shape index (κ1) is 28.8. The van der Waals surface area contributed by atoms with Crippen molar-refractivity contribution in [3.8, 4) is 5.75 Å². The Balaban J connectivity index is 1.24. The molecule has 1 aliphatic carbocycles. The van der Waals surface area contributed by atoms with Gasteiger partial charge in [0.1, 0.15) is 5.75 Å². The van der Waals surface area contributed by atoms with Crippen molar-refractivity contribution in [1.29, 1.82) is 0 Å². The van der Waals surface area contributed by atoms with Gasteiger partial charge in [0.05, 0.1) is 12.0 Å². The van der Waals surface area contributed by atoms with E-state index in [1.807, 2.05) is 49.5 Å². The van der Waals surface area contributed by atoms with E-state index in [1.165, 1.54) is 11.1 Å². The monoisotopic (exact) mass is 608 g/mol. The second kappa shape index (κ2) is 13.3. The number of aromatic hydroxyl groups is 1. The van der Waals surface area contributed by atoms with E-state index in [2.05, 4.69) is 74.8 Å². The lowest BCUT2D eigenvalue weighted by Gasteiger charge is -2.28. The molecule has 2 N–H and O–H groups in total. The zero-order chi connectivity index (χ0) is 28.7. The van der Waals surface area contributed by atoms with E-state index < -0.39 is 5.41 Å². The molecule has 0 aromatic heterocycles. The van der Waals surface area contributed by atoms with E-state index in [0.717, 1.165) is 70.8 Å². The summed E-state index contributed by atoms with van der Waals surface area (Å²) in [6.07, 6.45) is 11.9. The summed E-state index contributed by atoms with van der Waals surface area (Å²) in [4.78, 5) is 18.0. The summed E-state index contributed by atoms with van der Waals surface area (Å²) in [5.41, 5.74) is 7.11. The van der Waals surface area contributed by atoms with Gasteiger partial charge >= 0.3 is 0 Å². The molecule has 4 nitrogen and oxygen atoms in total. The topological polar surface area (TPSA) is 61.7 Å². The molecule has 0 unspecified atom stereocenters. The van der Waals surface area contributed by atoms with E-state index >= 15 is 0 Å². The second-order valence-electron chi connectivity index (χ2n) is 11.1. The summed E-state index contributed by atoms with van der Waals surface area (Å²) in [7, 11) is 0. The number of benzene rings is 3. The zero-order valence-corrected chi connectivity index (χ0v) is 25.2. The molecule has 1 heterocycles. The molecule has 2 aliphatic rings. The van der Waals surface area contributed by atoms with Gasteiger partial charge < -0.3 is 10.4 Å². The molecule has 1 aliphatic heterocycles. The van der Waals surface area contributed by atoms with E-state index in [-0.39, 0.29) is 11.7 Å². The van der Waals surface area contributed by atoms with Crippen LogP contribution in [0.25, 0.3) is 5.57 Å². The minimum atomic E-state index is -0.401. The van der Waals surface area contributed by atoms with Crippen LogP contribution in [0.4, 0.5) is 0 Å². The van der Waals surface area contributed by atoms with Gasteiger partial charge in [-0.3, -0.25) is 9.79 Å². The SMILES string of the molecule is CC1=C(Br)C=NC/C(CCc2ccc(CNC(=O)C3(c4ccccc4)CCCC3)cc2)=C/C(c2ccccc2O)=C1. The molecule has 3 aromatic rings. The maximum absolute atomic E-state index is 13.4. The lowest BCUT2D eigenvalue weighted by molar-refractivity contribution is -0.126. The fourth-order valence-electron chi connectivity index (χ4n) is 5.84. The van der Waals surface area contributed by atoms with Gasteiger partial charge in [0, 0.05) is 22.8 Å². The molecule has 1 saturated carbocycles. The first-order chi connectivity index (χ1) is 19.9. The Morgan fingerprint density at radius 2 is 1.59 bits per heavy atom. The predicted octanol–water partition coefficient (Wildman–Crippen LogP) is 8.22. The van der Waals surface area contributed by atoms with Crippen LogP contribution in [0.5, 0.6) is 5.75 Å². The molecule has 41 heavy (non-hydrogen) atoms. The van der Waals surface area contributed by atoms with Gasteiger partial charge in [-0.1, -0.05) is 97.8 Å². The number of phenolic OH excluding ortho intramolecular Hbond substituents is 1. The number of phenols is 1. The second-order valence-corrected chi connectivity index (χ2v) is 11.9. The average Bonchev–Trinajstić information content (AvgIpc) is 3.52. The Bertz CT molecular complexity index is 1490. The van der Waals surface area contributed by atoms with Gasteiger partial charge in [-0.15, -0.1) is 0 Å². The average molecular weight is 610 g/mol. The lowest BCUT2D eigenvalue weighted by atomic mass is 9.78. The predicted molar refractivity (Wildman–Crippen MR) is 172 cm³/mol. The lowest BCUT2D eigenvalue weighted by Crippen LogP contribution is -2.42. The van der Waals surface area contributed by atoms with Gasteiger partial charge in [-0.25, -0.2) is 0 Å². The van der Waals surface area contributed by atoms with Gasteiger partial charge in [-0.2, -0.15) is 0 Å². The van der Waals surface area contributed by atoms with E-state index in [4.69, 9.17) is 0 Å². The molecule has 0 saturated heterocycles. The molecule has 5 rings (SSSR count). The number of para-hydroxylation sites is 1. The highest BCUT2D eigenvalue weighted by molar-refractivity contribution is 9.12. The third-order valence-electron chi connectivity index (χ3n) is 8.25. The molecule has 210 valence electrons. The summed E-state index contributed by atoms with van der Waals surface area (Å²) in [5, 5.41) is 13.8. The number of hydrogen-bond acceptors (Lipinski definition) is 3. The van der Waals surface area contributed by atoms with Gasteiger partial charge in [0.15, 0.2) is 0 Å². The van der Waals surface area contributed by atoms with Gasteiger partial charge in [0.2, 0.25) is 5.91 Å². The third kappa shape index (κ3) is 6.97. The number of nitrogens with one attached hydrogen (secondary N) is 1. The Morgan fingerprint density at radius 1 is 0.902 bits per heavy atom. The molecule has 0 radical (unpaired) electrons. The van der Waals surface area contributed by atoms with E-state index in [9.17, 15) is 9.90 Å². The summed E-state index contributed by atoms with van der Waals surface area (Å²) >= 11 is 3.62. The number of rotatable bonds is 8. The minimum Gasteiger partial charge on any atom is -0.507 e. The molecule has 0 spiro atoms. The van der Waals surface area contributed by atoms with Crippen LogP contribution in [0.15, 0.2) is 112 Å². The third-order valence-corrected chi connectivity index (χ3v) is 9.08. The largest absolute Gasteiger partial charge is 0.507 e.